The van der Waals surface area contributed by atoms with Crippen LogP contribution in [0.5, 0.6) is 0 Å². The maximum atomic E-state index is 13.0. The predicted molar refractivity (Wildman–Crippen MR) is 261 cm³/mol. The number of hydrogen-bond acceptors (Lipinski definition) is 4. The quantitative estimate of drug-likeness (QED) is 0.112. The second-order valence-corrected chi connectivity index (χ2v) is 29.8. The van der Waals surface area contributed by atoms with Crippen molar-refractivity contribution in [2.45, 2.75) is 113 Å². The topological polar surface area (TPSA) is 62.7 Å². The number of hydrogen-bond donors (Lipinski definition) is 0. The van der Waals surface area contributed by atoms with Crippen LogP contribution >= 0.6 is 0 Å². The van der Waals surface area contributed by atoms with Crippen molar-refractivity contribution in [1.29, 1.82) is 5.26 Å². The van der Waals surface area contributed by atoms with Crippen LogP contribution in [0.25, 0.3) is 55.6 Å². The molecule has 3 heterocycles. The van der Waals surface area contributed by atoms with Crippen molar-refractivity contribution in [1.82, 2.24) is 9.97 Å². The van der Waals surface area contributed by atoms with Gasteiger partial charge < -0.3 is 14.4 Å². The van der Waals surface area contributed by atoms with Gasteiger partial charge >= 0.3 is 0 Å². The molecule has 0 spiro atoms. The molecular weight excluding hydrogens is 974 g/mol. The number of furan rings is 1. The summed E-state index contributed by atoms with van der Waals surface area (Å²) in [6.07, 6.45) is 3.12. The first-order valence-corrected chi connectivity index (χ1v) is 27.4. The first-order valence-electron chi connectivity index (χ1n) is 24.0. The third-order valence-corrected chi connectivity index (χ3v) is 18.5. The van der Waals surface area contributed by atoms with E-state index < -0.39 is 29.9 Å². The number of benzene rings is 4. The molecule has 4 nitrogen and oxygen atoms in total. The van der Waals surface area contributed by atoms with Crippen molar-refractivity contribution in [3.63, 3.8) is 0 Å². The number of pyridine rings is 2. The molecule has 3 aromatic heterocycles. The average Bonchev–Trinajstić information content (AvgIpc) is 3.60. The number of fused-ring (bicyclic) bond motifs is 3. The summed E-state index contributed by atoms with van der Waals surface area (Å²) in [5.74, 6) is 0.190. The van der Waals surface area contributed by atoms with Gasteiger partial charge in [-0.05, 0) is 76.3 Å². The minimum atomic E-state index is -2.66. The first-order chi connectivity index (χ1) is 30.9. The van der Waals surface area contributed by atoms with Crippen LogP contribution in [-0.4, -0.2) is 26.1 Å². The molecule has 62 heavy (non-hydrogen) atoms. The monoisotopic (exact) mass is 1040 g/mol. The van der Waals surface area contributed by atoms with Crippen LogP contribution in [0.4, 0.5) is 4.39 Å². The summed E-state index contributed by atoms with van der Waals surface area (Å²) in [4.78, 5) is 8.93. The fraction of sp³-hybridized carbons (Fsp3) is 0.352. The maximum Gasteiger partial charge on any atom is 0.130 e. The van der Waals surface area contributed by atoms with Gasteiger partial charge in [-0.1, -0.05) is 151 Å². The SMILES string of the molecule is CC(C)c1cc(-c2[c-]cc(F)cc2)ncc1[Si](C)(C)C.[2H]C([2H])([2H])c1cnc(-c2[c-]ccc3c2oc2c(-c4ccc([Si](C)(CC(C)(C)C)CC(C)(C)C)cc4)c(C#N)ccc23)cc1C([2H])([2H])[2H].[Ir]. The number of nitriles is 1. The minimum absolute atomic E-state index is 0. The first kappa shape index (κ1) is 40.3. The van der Waals surface area contributed by atoms with Gasteiger partial charge in [0.15, 0.2) is 0 Å². The standard InChI is InChI=1S/C37H41N2OSi.C17H21FNSi.Ir/c1-24-19-32(39-21-25(24)2)31-12-10-11-29-30-18-15-27(20-38)33(35(30)40-34(29)31)26-13-16-28(17-14-26)41(9,22-36(3,4)5)23-37(6,7)8;1-12(2)15-10-16(13-6-8-14(18)9-7-13)19-11-17(15)20(3,4)5;/h10-11,13-19,21H,22-23H2,1-9H3;6,8-12H,1-5H3;/q2*-1;/i1D3,2D3;;. The van der Waals surface area contributed by atoms with Crippen LogP contribution in [0, 0.1) is 53.8 Å². The van der Waals surface area contributed by atoms with Gasteiger partial charge in [0, 0.05) is 57.5 Å². The number of aromatic nitrogens is 2. The number of nitrogens with zero attached hydrogens (tertiary/aromatic N) is 3. The van der Waals surface area contributed by atoms with E-state index >= 15 is 0 Å². The van der Waals surface area contributed by atoms with E-state index in [0.717, 1.165) is 45.9 Å². The zero-order valence-electron chi connectivity index (χ0n) is 44.1. The molecule has 1 radical (unpaired) electrons. The van der Waals surface area contributed by atoms with E-state index in [4.69, 9.17) is 12.6 Å². The Morgan fingerprint density at radius 1 is 0.790 bits per heavy atom. The number of aryl methyl sites for hydroxylation is 2. The largest absolute Gasteiger partial charge is 0.500 e. The van der Waals surface area contributed by atoms with Crippen LogP contribution in [0.1, 0.15) is 91.8 Å². The van der Waals surface area contributed by atoms with Crippen LogP contribution < -0.4 is 10.4 Å². The van der Waals surface area contributed by atoms with Gasteiger partial charge in [-0.2, -0.15) is 5.26 Å². The molecule has 0 unspecified atom stereocenters. The van der Waals surface area contributed by atoms with Crippen LogP contribution in [0.15, 0.2) is 95.7 Å². The van der Waals surface area contributed by atoms with Gasteiger partial charge in [0.1, 0.15) is 5.58 Å². The molecule has 325 valence electrons. The summed E-state index contributed by atoms with van der Waals surface area (Å²) in [6.45, 7) is 22.4. The second-order valence-electron chi connectivity index (χ2n) is 20.4. The van der Waals surface area contributed by atoms with Gasteiger partial charge in [-0.15, -0.1) is 48.0 Å². The summed E-state index contributed by atoms with van der Waals surface area (Å²) in [6, 6.07) is 34.6. The maximum absolute atomic E-state index is 13.0. The van der Waals surface area contributed by atoms with E-state index in [2.05, 4.69) is 140 Å². The van der Waals surface area contributed by atoms with Crippen molar-refractivity contribution in [3.05, 3.63) is 131 Å². The molecule has 0 aliphatic heterocycles. The molecule has 0 N–H and O–H groups in total. The van der Waals surface area contributed by atoms with Gasteiger partial charge in [0.25, 0.3) is 0 Å². The summed E-state index contributed by atoms with van der Waals surface area (Å²) in [5.41, 5.74) is 6.49. The average molecular weight is 1040 g/mol. The Morgan fingerprint density at radius 2 is 1.44 bits per heavy atom. The zero-order valence-corrected chi connectivity index (χ0v) is 42.5. The van der Waals surface area contributed by atoms with E-state index in [0.29, 0.717) is 33.8 Å². The van der Waals surface area contributed by atoms with E-state index in [1.165, 1.54) is 34.1 Å². The van der Waals surface area contributed by atoms with Crippen LogP contribution in [0.3, 0.4) is 0 Å². The third kappa shape index (κ3) is 11.0. The molecule has 4 aromatic carbocycles. The molecular formula is C54H62FIrN3OSi2-2. The van der Waals surface area contributed by atoms with Crippen LogP contribution in [-0.2, 0) is 20.1 Å². The van der Waals surface area contributed by atoms with Gasteiger partial charge in [-0.25, -0.2) is 0 Å². The zero-order chi connectivity index (χ0) is 49.7. The van der Waals surface area contributed by atoms with E-state index in [1.807, 2.05) is 18.3 Å². The van der Waals surface area contributed by atoms with Crippen molar-refractivity contribution < 1.29 is 37.1 Å². The van der Waals surface area contributed by atoms with Gasteiger partial charge in [0.05, 0.1) is 33.4 Å². The van der Waals surface area contributed by atoms with Crippen molar-refractivity contribution in [2.24, 2.45) is 10.8 Å². The Labute approximate surface area is 394 Å². The fourth-order valence-corrected chi connectivity index (χ4v) is 16.8. The molecule has 0 aliphatic rings. The molecule has 7 aromatic rings. The van der Waals surface area contributed by atoms with E-state index in [1.54, 1.807) is 18.2 Å². The van der Waals surface area contributed by atoms with Gasteiger partial charge in [0.2, 0.25) is 0 Å². The molecule has 8 heteroatoms. The second kappa shape index (κ2) is 18.7. The molecule has 7 rings (SSSR count). The molecule has 0 atom stereocenters. The Hall–Kier alpha value is -4.52. The summed E-state index contributed by atoms with van der Waals surface area (Å²) in [5, 5.41) is 14.5. The van der Waals surface area contributed by atoms with E-state index in [9.17, 15) is 9.65 Å². The van der Waals surface area contributed by atoms with Crippen molar-refractivity contribution in [2.75, 3.05) is 0 Å². The van der Waals surface area contributed by atoms with Gasteiger partial charge in [-0.3, -0.25) is 4.39 Å². The molecule has 0 amide bonds. The summed E-state index contributed by atoms with van der Waals surface area (Å²) >= 11 is 0. The Bertz CT molecular complexity index is 2940. The Morgan fingerprint density at radius 3 is 2.00 bits per heavy atom. The van der Waals surface area contributed by atoms with E-state index in [-0.39, 0.29) is 53.6 Å². The molecule has 0 bridgehead atoms. The number of rotatable bonds is 8. The number of halogens is 1. The summed E-state index contributed by atoms with van der Waals surface area (Å²) < 4.78 is 67.1. The summed E-state index contributed by atoms with van der Waals surface area (Å²) in [7, 11) is -3.28. The normalized spacial score (nSPS) is 14.1. The molecule has 0 saturated carbocycles. The molecule has 0 fully saturated rings. The van der Waals surface area contributed by atoms with Crippen molar-refractivity contribution >= 4 is 48.5 Å². The van der Waals surface area contributed by atoms with Crippen LogP contribution in [0.2, 0.25) is 38.3 Å². The fourth-order valence-electron chi connectivity index (χ4n) is 8.90. The smallest absolute Gasteiger partial charge is 0.130 e. The minimum Gasteiger partial charge on any atom is -0.500 e. The van der Waals surface area contributed by atoms with Crippen molar-refractivity contribution in [3.8, 4) is 39.7 Å². The molecule has 0 aliphatic carbocycles. The third-order valence-electron chi connectivity index (χ3n) is 11.0. The Balaban J connectivity index is 0.000000344. The predicted octanol–water partition coefficient (Wildman–Crippen LogP) is 14.3. The molecule has 0 saturated heterocycles. The Kier molecular flexibility index (Phi) is 12.1.